The zero-order chi connectivity index (χ0) is 12.0. The molecule has 0 spiro atoms. The molecule has 0 fully saturated rings. The van der Waals surface area contributed by atoms with Crippen molar-refractivity contribution in [1.82, 2.24) is 0 Å². The van der Waals surface area contributed by atoms with Crippen molar-refractivity contribution in [3.8, 4) is 11.5 Å². The number of carbonyl (C=O) groups excluding carboxylic acids is 1. The third-order valence-corrected chi connectivity index (χ3v) is 1.65. The van der Waals surface area contributed by atoms with Crippen LogP contribution in [0.3, 0.4) is 0 Å². The van der Waals surface area contributed by atoms with Crippen LogP contribution in [0.1, 0.15) is 6.92 Å². The van der Waals surface area contributed by atoms with E-state index in [1.54, 1.807) is 12.1 Å². The second kappa shape index (κ2) is 5.60. The zero-order valence-corrected chi connectivity index (χ0v) is 8.75. The zero-order valence-electron chi connectivity index (χ0n) is 8.75. The summed E-state index contributed by atoms with van der Waals surface area (Å²) in [5.74, 6) is -0.536. The highest BCUT2D eigenvalue weighted by Crippen LogP contribution is 2.24. The molecule has 0 heterocycles. The number of allylic oxidation sites excluding steroid dienone is 3. The number of hydrogen-bond donors (Lipinski definition) is 2. The summed E-state index contributed by atoms with van der Waals surface area (Å²) in [5.41, 5.74) is 0. The van der Waals surface area contributed by atoms with Gasteiger partial charge in [0, 0.05) is 6.08 Å². The van der Waals surface area contributed by atoms with E-state index in [9.17, 15) is 9.90 Å². The molecular weight excluding hydrogens is 208 g/mol. The van der Waals surface area contributed by atoms with Gasteiger partial charge in [0.1, 0.15) is 0 Å². The maximum absolute atomic E-state index is 11.2. The monoisotopic (exact) mass is 220 g/mol. The first-order valence-electron chi connectivity index (χ1n) is 4.63. The molecule has 1 rings (SSSR count). The van der Waals surface area contributed by atoms with Crippen molar-refractivity contribution in [3.05, 3.63) is 48.3 Å². The Morgan fingerprint density at radius 3 is 2.69 bits per heavy atom. The van der Waals surface area contributed by atoms with E-state index in [1.165, 1.54) is 31.2 Å². The Hall–Kier alpha value is -2.23. The molecular formula is C12H12O4. The molecule has 0 radical (unpaired) electrons. The summed E-state index contributed by atoms with van der Waals surface area (Å²) >= 11 is 0. The van der Waals surface area contributed by atoms with Crippen LogP contribution in [-0.2, 0) is 4.79 Å². The number of ether oxygens (including phenoxy) is 1. The Balaban J connectivity index is 2.62. The lowest BCUT2D eigenvalue weighted by atomic mass is 10.3. The molecule has 1 aromatic carbocycles. The number of carbonyl (C=O) groups is 1. The summed E-state index contributed by atoms with van der Waals surface area (Å²) in [4.78, 5) is 11.2. The summed E-state index contributed by atoms with van der Waals surface area (Å²) in [7, 11) is 0. The van der Waals surface area contributed by atoms with Gasteiger partial charge in [-0.2, -0.15) is 0 Å². The Morgan fingerprint density at radius 2 is 2.06 bits per heavy atom. The molecule has 16 heavy (non-hydrogen) atoms. The number of aliphatic hydroxyl groups is 1. The lowest BCUT2D eigenvalue weighted by molar-refractivity contribution is -0.129. The smallest absolute Gasteiger partial charge is 0.336 e. The number of hydrogen-bond acceptors (Lipinski definition) is 4. The first kappa shape index (κ1) is 11.8. The Labute approximate surface area is 93.1 Å². The molecule has 0 saturated carbocycles. The van der Waals surface area contributed by atoms with E-state index in [2.05, 4.69) is 0 Å². The van der Waals surface area contributed by atoms with Crippen LogP contribution in [0.25, 0.3) is 0 Å². The molecule has 0 bridgehead atoms. The summed E-state index contributed by atoms with van der Waals surface area (Å²) in [6.45, 7) is 1.48. The molecule has 0 saturated heterocycles. The van der Waals surface area contributed by atoms with Gasteiger partial charge >= 0.3 is 5.97 Å². The molecule has 0 atom stereocenters. The number of phenolic OH excluding ortho intramolecular Hbond substituents is 1. The van der Waals surface area contributed by atoms with Gasteiger partial charge in [0.05, 0.1) is 5.76 Å². The number of esters is 1. The van der Waals surface area contributed by atoms with Crippen LogP contribution in [0.5, 0.6) is 11.5 Å². The van der Waals surface area contributed by atoms with Gasteiger partial charge in [-0.1, -0.05) is 18.2 Å². The van der Waals surface area contributed by atoms with Crippen molar-refractivity contribution >= 4 is 5.97 Å². The Bertz CT molecular complexity index is 428. The summed E-state index contributed by atoms with van der Waals surface area (Å²) in [6, 6.07) is 6.17. The van der Waals surface area contributed by atoms with Crippen LogP contribution >= 0.6 is 0 Å². The van der Waals surface area contributed by atoms with Gasteiger partial charge < -0.3 is 14.9 Å². The number of phenols is 1. The maximum atomic E-state index is 11.2. The minimum atomic E-state index is -0.626. The minimum Gasteiger partial charge on any atom is -0.513 e. The molecule has 84 valence electrons. The molecule has 0 unspecified atom stereocenters. The van der Waals surface area contributed by atoms with E-state index in [0.29, 0.717) is 0 Å². The SMILES string of the molecule is C/C(O)=C\C=C/C(=O)Oc1ccccc1O. The summed E-state index contributed by atoms with van der Waals surface area (Å²) in [5, 5.41) is 18.1. The van der Waals surface area contributed by atoms with E-state index >= 15 is 0 Å². The van der Waals surface area contributed by atoms with Crippen LogP contribution in [0.4, 0.5) is 0 Å². The van der Waals surface area contributed by atoms with Crippen molar-refractivity contribution in [2.45, 2.75) is 6.92 Å². The minimum absolute atomic E-state index is 0.0895. The Morgan fingerprint density at radius 1 is 1.38 bits per heavy atom. The second-order valence-electron chi connectivity index (χ2n) is 3.06. The van der Waals surface area contributed by atoms with Crippen molar-refractivity contribution in [2.75, 3.05) is 0 Å². The van der Waals surface area contributed by atoms with Crippen LogP contribution in [0.15, 0.2) is 48.3 Å². The predicted octanol–water partition coefficient (Wildman–Crippen LogP) is 2.32. The van der Waals surface area contributed by atoms with E-state index in [-0.39, 0.29) is 17.3 Å². The predicted molar refractivity (Wildman–Crippen MR) is 59.3 cm³/mol. The van der Waals surface area contributed by atoms with E-state index < -0.39 is 5.97 Å². The van der Waals surface area contributed by atoms with Gasteiger partial charge in [-0.05, 0) is 25.1 Å². The molecule has 0 aliphatic carbocycles. The van der Waals surface area contributed by atoms with Crippen molar-refractivity contribution in [1.29, 1.82) is 0 Å². The number of aliphatic hydroxyl groups excluding tert-OH is 1. The summed E-state index contributed by atoms with van der Waals surface area (Å²) in [6.07, 6.45) is 3.86. The molecule has 0 aromatic heterocycles. The average molecular weight is 220 g/mol. The first-order chi connectivity index (χ1) is 7.59. The molecule has 1 aromatic rings. The molecule has 4 nitrogen and oxygen atoms in total. The van der Waals surface area contributed by atoms with Crippen LogP contribution in [0, 0.1) is 0 Å². The number of rotatable bonds is 3. The summed E-state index contributed by atoms with van der Waals surface area (Å²) < 4.78 is 4.84. The van der Waals surface area contributed by atoms with Crippen LogP contribution in [-0.4, -0.2) is 16.2 Å². The maximum Gasteiger partial charge on any atom is 0.336 e. The van der Waals surface area contributed by atoms with Gasteiger partial charge in [0.25, 0.3) is 0 Å². The lowest BCUT2D eigenvalue weighted by Gasteiger charge is -2.02. The largest absolute Gasteiger partial charge is 0.513 e. The molecule has 4 heteroatoms. The van der Waals surface area contributed by atoms with E-state index in [0.717, 1.165) is 6.08 Å². The van der Waals surface area contributed by atoms with Crippen LogP contribution < -0.4 is 4.74 Å². The second-order valence-corrected chi connectivity index (χ2v) is 3.06. The molecule has 2 N–H and O–H groups in total. The number of benzene rings is 1. The fraction of sp³-hybridized carbons (Fsp3) is 0.0833. The normalized spacial score (nSPS) is 11.7. The van der Waals surface area contributed by atoms with Gasteiger partial charge in [0.2, 0.25) is 0 Å². The van der Waals surface area contributed by atoms with E-state index in [1.807, 2.05) is 0 Å². The third kappa shape index (κ3) is 3.88. The Kier molecular flexibility index (Phi) is 4.15. The fourth-order valence-corrected chi connectivity index (χ4v) is 0.952. The van der Waals surface area contributed by atoms with Crippen molar-refractivity contribution in [2.24, 2.45) is 0 Å². The highest BCUT2D eigenvalue weighted by atomic mass is 16.5. The van der Waals surface area contributed by atoms with Crippen LogP contribution in [0.2, 0.25) is 0 Å². The third-order valence-electron chi connectivity index (χ3n) is 1.65. The molecule has 0 aliphatic rings. The fourth-order valence-electron chi connectivity index (χ4n) is 0.952. The van der Waals surface area contributed by atoms with Gasteiger partial charge in [0.15, 0.2) is 11.5 Å². The highest BCUT2D eigenvalue weighted by molar-refractivity contribution is 5.84. The molecule has 0 amide bonds. The average Bonchev–Trinajstić information content (AvgIpc) is 2.21. The quantitative estimate of drug-likeness (QED) is 0.270. The molecule has 0 aliphatic heterocycles. The van der Waals surface area contributed by atoms with Gasteiger partial charge in [-0.3, -0.25) is 0 Å². The number of aromatic hydroxyl groups is 1. The van der Waals surface area contributed by atoms with Crippen molar-refractivity contribution < 1.29 is 19.7 Å². The highest BCUT2D eigenvalue weighted by Gasteiger charge is 2.03. The van der Waals surface area contributed by atoms with Gasteiger partial charge in [-0.15, -0.1) is 0 Å². The first-order valence-corrected chi connectivity index (χ1v) is 4.63. The van der Waals surface area contributed by atoms with Gasteiger partial charge in [-0.25, -0.2) is 4.79 Å². The van der Waals surface area contributed by atoms with E-state index in [4.69, 9.17) is 9.84 Å². The topological polar surface area (TPSA) is 66.8 Å². The lowest BCUT2D eigenvalue weighted by Crippen LogP contribution is -2.03. The standard InChI is InChI=1S/C12H12O4/c1-9(13)5-4-8-12(15)16-11-7-3-2-6-10(11)14/h2-8,13-14H,1H3/b8-4-,9-5+. The van der Waals surface area contributed by atoms with Crippen molar-refractivity contribution in [3.63, 3.8) is 0 Å². The number of para-hydroxylation sites is 2.